The van der Waals surface area contributed by atoms with Crippen molar-refractivity contribution in [3.05, 3.63) is 35.6 Å². The highest BCUT2D eigenvalue weighted by Gasteiger charge is 2.25. The van der Waals surface area contributed by atoms with Gasteiger partial charge in [-0.05, 0) is 30.0 Å². The minimum Gasteiger partial charge on any atom is -0.373 e. The number of benzene rings is 1. The normalized spacial score (nSPS) is 26.7. The third-order valence-electron chi connectivity index (χ3n) is 2.54. The van der Waals surface area contributed by atoms with Crippen molar-refractivity contribution in [1.29, 1.82) is 0 Å². The molecule has 0 N–H and O–H groups in total. The van der Waals surface area contributed by atoms with E-state index < -0.39 is 0 Å². The van der Waals surface area contributed by atoms with Crippen molar-refractivity contribution in [3.8, 4) is 0 Å². The Kier molecular flexibility index (Phi) is 3.38. The molecule has 2 rings (SSSR count). The summed E-state index contributed by atoms with van der Waals surface area (Å²) in [5.74, 6) is 0.475. The Morgan fingerprint density at radius 3 is 2.64 bits per heavy atom. The summed E-state index contributed by atoms with van der Waals surface area (Å²) in [6.45, 7) is 0.838. The van der Waals surface area contributed by atoms with Crippen LogP contribution in [0.2, 0.25) is 0 Å². The molecular formula is C11H12FIO. The number of hydrogen-bond donors (Lipinski definition) is 0. The van der Waals surface area contributed by atoms with Gasteiger partial charge in [-0.2, -0.15) is 0 Å². The Labute approximate surface area is 96.8 Å². The lowest BCUT2D eigenvalue weighted by Crippen LogP contribution is -1.98. The zero-order valence-electron chi connectivity index (χ0n) is 7.75. The lowest BCUT2D eigenvalue weighted by molar-refractivity contribution is 0.108. The molecule has 0 spiro atoms. The van der Waals surface area contributed by atoms with Crippen LogP contribution in [0.15, 0.2) is 24.3 Å². The van der Waals surface area contributed by atoms with E-state index in [2.05, 4.69) is 22.6 Å². The monoisotopic (exact) mass is 306 g/mol. The fourth-order valence-corrected chi connectivity index (χ4v) is 2.32. The van der Waals surface area contributed by atoms with E-state index in [9.17, 15) is 4.39 Å². The van der Waals surface area contributed by atoms with Crippen LogP contribution in [-0.2, 0) is 4.74 Å². The summed E-state index contributed by atoms with van der Waals surface area (Å²) >= 11 is 2.38. The van der Waals surface area contributed by atoms with Gasteiger partial charge >= 0.3 is 0 Å². The predicted octanol–water partition coefficient (Wildman–Crippen LogP) is 3.34. The van der Waals surface area contributed by atoms with Crippen LogP contribution in [0.25, 0.3) is 0 Å². The summed E-state index contributed by atoms with van der Waals surface area (Å²) in [6.07, 6.45) is 1.24. The SMILES string of the molecule is Fc1ccc(C2CC(CI)CO2)cc1. The molecule has 2 atom stereocenters. The standard InChI is InChI=1S/C11H12FIO/c12-10-3-1-9(2-4-10)11-5-8(6-13)7-14-11/h1-4,8,11H,5-7H2. The van der Waals surface area contributed by atoms with Crippen molar-refractivity contribution in [3.63, 3.8) is 0 Å². The number of rotatable bonds is 2. The third-order valence-corrected chi connectivity index (χ3v) is 3.79. The van der Waals surface area contributed by atoms with Gasteiger partial charge < -0.3 is 4.74 Å². The van der Waals surface area contributed by atoms with E-state index in [1.165, 1.54) is 12.1 Å². The fourth-order valence-electron chi connectivity index (χ4n) is 1.71. The van der Waals surface area contributed by atoms with Crippen molar-refractivity contribution in [2.75, 3.05) is 11.0 Å². The van der Waals surface area contributed by atoms with Crippen molar-refractivity contribution in [1.82, 2.24) is 0 Å². The number of halogens is 2. The molecular weight excluding hydrogens is 294 g/mol. The van der Waals surface area contributed by atoms with Crippen molar-refractivity contribution >= 4 is 22.6 Å². The van der Waals surface area contributed by atoms with E-state index in [-0.39, 0.29) is 11.9 Å². The van der Waals surface area contributed by atoms with Crippen molar-refractivity contribution < 1.29 is 9.13 Å². The first-order chi connectivity index (χ1) is 6.79. The molecule has 76 valence electrons. The molecule has 1 aliphatic rings. The Balaban J connectivity index is 2.06. The summed E-state index contributed by atoms with van der Waals surface area (Å²) < 4.78 is 19.5. The highest BCUT2D eigenvalue weighted by molar-refractivity contribution is 14.1. The van der Waals surface area contributed by atoms with Gasteiger partial charge in [0.1, 0.15) is 5.82 Å². The second-order valence-corrected chi connectivity index (χ2v) is 4.51. The molecule has 14 heavy (non-hydrogen) atoms. The van der Waals surface area contributed by atoms with Crippen LogP contribution in [0.5, 0.6) is 0 Å². The summed E-state index contributed by atoms with van der Waals surface area (Å²) in [6, 6.07) is 6.62. The molecule has 1 nitrogen and oxygen atoms in total. The first kappa shape index (κ1) is 10.4. The summed E-state index contributed by atoms with van der Waals surface area (Å²) in [5.41, 5.74) is 1.10. The van der Waals surface area contributed by atoms with Crippen LogP contribution in [0, 0.1) is 11.7 Å². The van der Waals surface area contributed by atoms with E-state index in [1.807, 2.05) is 12.1 Å². The van der Waals surface area contributed by atoms with Crippen molar-refractivity contribution in [2.24, 2.45) is 5.92 Å². The van der Waals surface area contributed by atoms with Gasteiger partial charge in [0.15, 0.2) is 0 Å². The molecule has 0 radical (unpaired) electrons. The first-order valence-corrected chi connectivity index (χ1v) is 6.25. The maximum absolute atomic E-state index is 12.7. The van der Waals surface area contributed by atoms with E-state index in [0.29, 0.717) is 5.92 Å². The lowest BCUT2D eigenvalue weighted by atomic mass is 10.0. The largest absolute Gasteiger partial charge is 0.373 e. The second kappa shape index (κ2) is 4.57. The zero-order chi connectivity index (χ0) is 9.97. The summed E-state index contributed by atoms with van der Waals surface area (Å²) in [5, 5.41) is 0. The lowest BCUT2D eigenvalue weighted by Gasteiger charge is -2.08. The Morgan fingerprint density at radius 1 is 1.36 bits per heavy atom. The van der Waals surface area contributed by atoms with E-state index in [1.54, 1.807) is 0 Å². The minimum absolute atomic E-state index is 0.176. The number of hydrogen-bond acceptors (Lipinski definition) is 1. The van der Waals surface area contributed by atoms with Gasteiger partial charge in [-0.1, -0.05) is 34.7 Å². The van der Waals surface area contributed by atoms with Crippen molar-refractivity contribution in [2.45, 2.75) is 12.5 Å². The quantitative estimate of drug-likeness (QED) is 0.601. The van der Waals surface area contributed by atoms with Crippen LogP contribution in [0.4, 0.5) is 4.39 Å². The molecule has 3 heteroatoms. The van der Waals surface area contributed by atoms with E-state index >= 15 is 0 Å². The Bertz CT molecular complexity index is 299. The molecule has 0 aliphatic carbocycles. The van der Waals surface area contributed by atoms with Crippen LogP contribution < -0.4 is 0 Å². The molecule has 1 saturated heterocycles. The van der Waals surface area contributed by atoms with Gasteiger partial charge in [0.25, 0.3) is 0 Å². The summed E-state index contributed by atoms with van der Waals surface area (Å²) in [7, 11) is 0. The van der Waals surface area contributed by atoms with E-state index in [4.69, 9.17) is 4.74 Å². The third kappa shape index (κ3) is 2.25. The molecule has 1 aromatic rings. The van der Waals surface area contributed by atoms with Crippen LogP contribution >= 0.6 is 22.6 Å². The average Bonchev–Trinajstić information content (AvgIpc) is 2.67. The molecule has 1 fully saturated rings. The van der Waals surface area contributed by atoms with Gasteiger partial charge in [0.05, 0.1) is 12.7 Å². The molecule has 1 aliphatic heterocycles. The highest BCUT2D eigenvalue weighted by atomic mass is 127. The van der Waals surface area contributed by atoms with Gasteiger partial charge in [-0.25, -0.2) is 4.39 Å². The first-order valence-electron chi connectivity index (χ1n) is 4.72. The highest BCUT2D eigenvalue weighted by Crippen LogP contribution is 2.33. The smallest absolute Gasteiger partial charge is 0.123 e. The van der Waals surface area contributed by atoms with Crippen LogP contribution in [-0.4, -0.2) is 11.0 Å². The molecule has 0 saturated carbocycles. The Hall–Kier alpha value is -0.160. The molecule has 0 amide bonds. The molecule has 1 heterocycles. The number of alkyl halides is 1. The molecule has 0 aromatic heterocycles. The van der Waals surface area contributed by atoms with Gasteiger partial charge in [0.2, 0.25) is 0 Å². The second-order valence-electron chi connectivity index (χ2n) is 3.63. The maximum atomic E-state index is 12.7. The summed E-state index contributed by atoms with van der Waals surface area (Å²) in [4.78, 5) is 0. The minimum atomic E-state index is -0.183. The topological polar surface area (TPSA) is 9.23 Å². The maximum Gasteiger partial charge on any atom is 0.123 e. The van der Waals surface area contributed by atoms with Gasteiger partial charge in [-0.15, -0.1) is 0 Å². The number of ether oxygens (including phenoxy) is 1. The average molecular weight is 306 g/mol. The van der Waals surface area contributed by atoms with Gasteiger partial charge in [-0.3, -0.25) is 0 Å². The zero-order valence-corrected chi connectivity index (χ0v) is 9.91. The molecule has 2 unspecified atom stereocenters. The molecule has 0 bridgehead atoms. The van der Waals surface area contributed by atoms with Crippen LogP contribution in [0.1, 0.15) is 18.1 Å². The predicted molar refractivity (Wildman–Crippen MR) is 62.1 cm³/mol. The van der Waals surface area contributed by atoms with Gasteiger partial charge in [0, 0.05) is 4.43 Å². The molecule has 1 aromatic carbocycles. The van der Waals surface area contributed by atoms with Crippen LogP contribution in [0.3, 0.4) is 0 Å². The Morgan fingerprint density at radius 2 is 2.07 bits per heavy atom. The fraction of sp³-hybridized carbons (Fsp3) is 0.455. The van der Waals surface area contributed by atoms with E-state index in [0.717, 1.165) is 23.0 Å².